The number of hydrogen-bond donors (Lipinski definition) is 0. The molecular weight excluding hydrogens is 284 g/mol. The minimum Gasteiger partial charge on any atom is -0.463 e. The third-order valence-corrected chi connectivity index (χ3v) is 4.71. The van der Waals surface area contributed by atoms with E-state index >= 15 is 0 Å². The largest absolute Gasteiger partial charge is 0.463 e. The summed E-state index contributed by atoms with van der Waals surface area (Å²) < 4.78 is 18.0. The lowest BCUT2D eigenvalue weighted by atomic mass is 10.1. The smallest absolute Gasteiger partial charge is 0.209 e. The number of rotatable bonds is 2. The van der Waals surface area contributed by atoms with Crippen molar-refractivity contribution in [1.29, 1.82) is 0 Å². The molecule has 2 aromatic carbocycles. The van der Waals surface area contributed by atoms with Gasteiger partial charge in [0.1, 0.15) is 16.7 Å². The molecule has 0 fully saturated rings. The average Bonchev–Trinajstić information content (AvgIpc) is 2.48. The lowest BCUT2D eigenvalue weighted by Gasteiger charge is -2.04. The van der Waals surface area contributed by atoms with E-state index in [9.17, 15) is 9.00 Å². The monoisotopic (exact) mass is 298 g/mol. The molecule has 0 saturated heterocycles. The molecule has 21 heavy (non-hydrogen) atoms. The van der Waals surface area contributed by atoms with Crippen molar-refractivity contribution in [2.75, 3.05) is 0 Å². The highest BCUT2D eigenvalue weighted by atomic mass is 32.2. The van der Waals surface area contributed by atoms with Crippen LogP contribution in [0, 0.1) is 13.8 Å². The Hall–Kier alpha value is -2.20. The summed E-state index contributed by atoms with van der Waals surface area (Å²) in [5.41, 5.74) is 2.32. The fraction of sp³-hybridized carbons (Fsp3) is 0.118. The molecule has 0 saturated carbocycles. The van der Waals surface area contributed by atoms with Crippen LogP contribution in [-0.4, -0.2) is 4.21 Å². The average molecular weight is 298 g/mol. The number of aryl methyl sites for hydroxylation is 2. The normalized spacial score (nSPS) is 12.5. The Morgan fingerprint density at radius 2 is 1.62 bits per heavy atom. The van der Waals surface area contributed by atoms with Gasteiger partial charge in [0.2, 0.25) is 5.43 Å². The molecule has 0 aliphatic carbocycles. The summed E-state index contributed by atoms with van der Waals surface area (Å²) in [6.45, 7) is 3.86. The topological polar surface area (TPSA) is 47.3 Å². The van der Waals surface area contributed by atoms with Crippen LogP contribution >= 0.6 is 0 Å². The van der Waals surface area contributed by atoms with Gasteiger partial charge in [0.05, 0.1) is 16.2 Å². The summed E-state index contributed by atoms with van der Waals surface area (Å²) in [6, 6.07) is 12.7. The highest BCUT2D eigenvalue weighted by Crippen LogP contribution is 2.18. The zero-order chi connectivity index (χ0) is 15.0. The van der Waals surface area contributed by atoms with Crippen molar-refractivity contribution in [3.8, 4) is 0 Å². The Morgan fingerprint density at radius 1 is 0.952 bits per heavy atom. The van der Waals surface area contributed by atoms with Crippen molar-refractivity contribution in [2.45, 2.75) is 23.6 Å². The molecule has 0 N–H and O–H groups in total. The van der Waals surface area contributed by atoms with Gasteiger partial charge in [-0.1, -0.05) is 29.3 Å². The van der Waals surface area contributed by atoms with Crippen molar-refractivity contribution < 1.29 is 8.63 Å². The SMILES string of the molecule is Cc1ccc(S(=O)c2coc3ccc(C)cc3c2=O)cc1. The van der Waals surface area contributed by atoms with E-state index in [-0.39, 0.29) is 10.3 Å². The third-order valence-electron chi connectivity index (χ3n) is 3.33. The maximum atomic E-state index is 12.6. The minimum absolute atomic E-state index is 0.178. The fourth-order valence-electron chi connectivity index (χ4n) is 2.14. The summed E-state index contributed by atoms with van der Waals surface area (Å²) in [7, 11) is -1.54. The van der Waals surface area contributed by atoms with Crippen LogP contribution in [0.2, 0.25) is 0 Å². The molecule has 1 unspecified atom stereocenters. The van der Waals surface area contributed by atoms with E-state index in [1.54, 1.807) is 24.3 Å². The fourth-order valence-corrected chi connectivity index (χ4v) is 3.20. The van der Waals surface area contributed by atoms with Gasteiger partial charge in [-0.2, -0.15) is 0 Å². The van der Waals surface area contributed by atoms with Gasteiger partial charge in [0.25, 0.3) is 0 Å². The van der Waals surface area contributed by atoms with Crippen LogP contribution in [0.5, 0.6) is 0 Å². The first-order valence-corrected chi connectivity index (χ1v) is 7.72. The van der Waals surface area contributed by atoms with Crippen LogP contribution in [0.25, 0.3) is 11.0 Å². The standard InChI is InChI=1S/C17H14O3S/c1-11-3-6-13(7-4-11)21(19)16-10-20-15-8-5-12(2)9-14(15)17(16)18/h3-10H,1-2H3. The van der Waals surface area contributed by atoms with Gasteiger partial charge in [-0.05, 0) is 38.1 Å². The van der Waals surface area contributed by atoms with Crippen molar-refractivity contribution in [2.24, 2.45) is 0 Å². The molecule has 4 heteroatoms. The second-order valence-electron chi connectivity index (χ2n) is 5.01. The molecule has 3 nitrogen and oxygen atoms in total. The van der Waals surface area contributed by atoms with Gasteiger partial charge >= 0.3 is 0 Å². The summed E-state index contributed by atoms with van der Waals surface area (Å²) in [5, 5.41) is 0.466. The second-order valence-corrected chi connectivity index (χ2v) is 6.46. The van der Waals surface area contributed by atoms with Crippen LogP contribution in [0.1, 0.15) is 11.1 Å². The van der Waals surface area contributed by atoms with Crippen LogP contribution in [0.3, 0.4) is 0 Å². The van der Waals surface area contributed by atoms with Gasteiger partial charge in [-0.15, -0.1) is 0 Å². The molecule has 0 aliphatic rings. The van der Waals surface area contributed by atoms with E-state index < -0.39 is 10.8 Å². The Morgan fingerprint density at radius 3 is 2.33 bits per heavy atom. The lowest BCUT2D eigenvalue weighted by Crippen LogP contribution is -2.10. The molecule has 1 heterocycles. The zero-order valence-electron chi connectivity index (χ0n) is 11.8. The van der Waals surface area contributed by atoms with Crippen LogP contribution in [0.4, 0.5) is 0 Å². The molecule has 106 valence electrons. The van der Waals surface area contributed by atoms with E-state index in [4.69, 9.17) is 4.42 Å². The maximum absolute atomic E-state index is 12.6. The van der Waals surface area contributed by atoms with Crippen LogP contribution in [-0.2, 0) is 10.8 Å². The van der Waals surface area contributed by atoms with Gasteiger partial charge in [0.15, 0.2) is 0 Å². The first kappa shape index (κ1) is 13.8. The number of hydrogen-bond acceptors (Lipinski definition) is 3. The van der Waals surface area contributed by atoms with Gasteiger partial charge < -0.3 is 4.42 Å². The molecular formula is C17H14O3S. The molecule has 3 aromatic rings. The minimum atomic E-state index is -1.54. The second kappa shape index (κ2) is 5.30. The predicted molar refractivity (Wildman–Crippen MR) is 83.1 cm³/mol. The van der Waals surface area contributed by atoms with Crippen molar-refractivity contribution in [3.63, 3.8) is 0 Å². The molecule has 1 atom stereocenters. The first-order valence-electron chi connectivity index (χ1n) is 6.57. The van der Waals surface area contributed by atoms with Gasteiger partial charge in [0, 0.05) is 4.90 Å². The Balaban J connectivity index is 2.16. The highest BCUT2D eigenvalue weighted by molar-refractivity contribution is 7.85. The van der Waals surface area contributed by atoms with E-state index in [1.807, 2.05) is 32.0 Å². The zero-order valence-corrected chi connectivity index (χ0v) is 12.6. The van der Waals surface area contributed by atoms with Gasteiger partial charge in [-0.3, -0.25) is 4.79 Å². The summed E-state index contributed by atoms with van der Waals surface area (Å²) >= 11 is 0. The Labute approximate surface area is 124 Å². The van der Waals surface area contributed by atoms with E-state index in [1.165, 1.54) is 6.26 Å². The van der Waals surface area contributed by atoms with E-state index in [2.05, 4.69) is 0 Å². The first-order chi connectivity index (χ1) is 10.1. The third kappa shape index (κ3) is 2.54. The molecule has 0 amide bonds. The molecule has 0 aliphatic heterocycles. The summed E-state index contributed by atoms with van der Waals surface area (Å²) in [6.07, 6.45) is 1.30. The molecule has 3 rings (SSSR count). The number of fused-ring (bicyclic) bond motifs is 1. The Kier molecular flexibility index (Phi) is 3.47. The number of benzene rings is 2. The summed E-state index contributed by atoms with van der Waals surface area (Å²) in [5.74, 6) is 0. The van der Waals surface area contributed by atoms with Crippen molar-refractivity contribution >= 4 is 21.8 Å². The van der Waals surface area contributed by atoms with Crippen LogP contribution in [0.15, 0.2) is 67.7 Å². The van der Waals surface area contributed by atoms with Gasteiger partial charge in [-0.25, -0.2) is 4.21 Å². The quantitative estimate of drug-likeness (QED) is 0.726. The predicted octanol–water partition coefficient (Wildman–Crippen LogP) is 3.58. The van der Waals surface area contributed by atoms with E-state index in [0.29, 0.717) is 15.9 Å². The highest BCUT2D eigenvalue weighted by Gasteiger charge is 2.15. The van der Waals surface area contributed by atoms with Crippen molar-refractivity contribution in [3.05, 3.63) is 70.1 Å². The molecule has 0 bridgehead atoms. The molecule has 0 spiro atoms. The van der Waals surface area contributed by atoms with E-state index in [0.717, 1.165) is 11.1 Å². The lowest BCUT2D eigenvalue weighted by molar-refractivity contribution is 0.583. The molecule has 0 radical (unpaired) electrons. The Bertz CT molecular complexity index is 892. The van der Waals surface area contributed by atoms with Crippen LogP contribution < -0.4 is 5.43 Å². The van der Waals surface area contributed by atoms with Crippen molar-refractivity contribution in [1.82, 2.24) is 0 Å². The molecule has 1 aromatic heterocycles. The summed E-state index contributed by atoms with van der Waals surface area (Å²) in [4.78, 5) is 13.3. The maximum Gasteiger partial charge on any atom is 0.209 e.